The Morgan fingerprint density at radius 2 is 1.61 bits per heavy atom. The zero-order chi connectivity index (χ0) is 27.0. The Bertz CT molecular complexity index is 1360. The first-order valence-corrected chi connectivity index (χ1v) is 11.7. The lowest BCUT2D eigenvalue weighted by atomic mass is 10.1. The van der Waals surface area contributed by atoms with E-state index in [0.29, 0.717) is 0 Å². The van der Waals surface area contributed by atoms with E-state index in [0.717, 1.165) is 34.2 Å². The van der Waals surface area contributed by atoms with Gasteiger partial charge < -0.3 is 14.8 Å². The van der Waals surface area contributed by atoms with Crippen LogP contribution in [-0.4, -0.2) is 51.1 Å². The van der Waals surface area contributed by atoms with Crippen molar-refractivity contribution in [1.29, 1.82) is 0 Å². The fourth-order valence-electron chi connectivity index (χ4n) is 3.08. The van der Waals surface area contributed by atoms with Gasteiger partial charge in [-0.15, -0.1) is 11.3 Å². The zero-order valence-corrected chi connectivity index (χ0v) is 21.3. The van der Waals surface area contributed by atoms with Gasteiger partial charge in [0.2, 0.25) is 5.78 Å². The summed E-state index contributed by atoms with van der Waals surface area (Å²) in [5, 5.41) is 3.51. The number of benzene rings is 1. The minimum Gasteiger partial charge on any atom is -0.459 e. The molecule has 12 heteroatoms. The monoisotopic (exact) mass is 521 g/mol. The Labute approximate surface area is 209 Å². The van der Waals surface area contributed by atoms with E-state index >= 15 is 0 Å². The molecule has 192 valence electrons. The third-order valence-electron chi connectivity index (χ3n) is 4.43. The van der Waals surface area contributed by atoms with Crippen molar-refractivity contribution < 1.29 is 37.4 Å². The average Bonchev–Trinajstić information content (AvgIpc) is 3.35. The number of nitrogens with zero attached hydrogens (tertiary/aromatic N) is 2. The van der Waals surface area contributed by atoms with E-state index in [4.69, 9.17) is 9.47 Å². The van der Waals surface area contributed by atoms with Crippen LogP contribution in [0.2, 0.25) is 0 Å². The number of carbonyl (C=O) groups excluding carboxylic acids is 4. The summed E-state index contributed by atoms with van der Waals surface area (Å²) in [5.74, 6) is -4.49. The molecule has 1 amide bonds. The summed E-state index contributed by atoms with van der Waals surface area (Å²) in [7, 11) is 0. The van der Waals surface area contributed by atoms with Crippen LogP contribution in [0.4, 0.5) is 13.6 Å². The average molecular weight is 522 g/mol. The molecular formula is C24H25F2N3O6S. The van der Waals surface area contributed by atoms with Gasteiger partial charge in [-0.05, 0) is 47.6 Å². The van der Waals surface area contributed by atoms with Gasteiger partial charge >= 0.3 is 12.1 Å². The highest BCUT2D eigenvalue weighted by Crippen LogP contribution is 2.28. The quantitative estimate of drug-likeness (QED) is 0.389. The predicted molar refractivity (Wildman–Crippen MR) is 127 cm³/mol. The van der Waals surface area contributed by atoms with Gasteiger partial charge in [0, 0.05) is 23.0 Å². The normalized spacial score (nSPS) is 11.9. The molecular weight excluding hydrogens is 496 g/mol. The van der Waals surface area contributed by atoms with Gasteiger partial charge in [-0.1, -0.05) is 0 Å². The van der Waals surface area contributed by atoms with E-state index in [9.17, 15) is 28.0 Å². The maximum Gasteiger partial charge on any atom is 0.419 e. The van der Waals surface area contributed by atoms with Crippen molar-refractivity contribution in [3.8, 4) is 0 Å². The standard InChI is InChI=1S/C24H25F2N3O6S/c1-23(2,3)34-18(30)9-27-20(32)16-11-36-21(28-16)19(31)13-10-29(22(33)35-24(4,5)6)17-8-15(26)14(25)7-12(13)17/h7-8,10-11H,9H2,1-6H3,(H,27,32). The number of rotatable bonds is 5. The van der Waals surface area contributed by atoms with Crippen molar-refractivity contribution in [3.05, 3.63) is 51.6 Å². The third-order valence-corrected chi connectivity index (χ3v) is 5.27. The molecule has 9 nitrogen and oxygen atoms in total. The van der Waals surface area contributed by atoms with E-state index in [1.165, 1.54) is 5.38 Å². The third kappa shape index (κ3) is 6.30. The van der Waals surface area contributed by atoms with Gasteiger partial charge in [0.05, 0.1) is 11.1 Å². The molecule has 0 aliphatic heterocycles. The van der Waals surface area contributed by atoms with Crippen molar-refractivity contribution in [2.75, 3.05) is 6.54 Å². The maximum absolute atomic E-state index is 14.0. The van der Waals surface area contributed by atoms with Gasteiger partial charge in [-0.2, -0.15) is 0 Å². The Morgan fingerprint density at radius 1 is 1.00 bits per heavy atom. The van der Waals surface area contributed by atoms with Gasteiger partial charge in [-0.3, -0.25) is 19.0 Å². The van der Waals surface area contributed by atoms with Crippen molar-refractivity contribution in [3.63, 3.8) is 0 Å². The summed E-state index contributed by atoms with van der Waals surface area (Å²) < 4.78 is 39.3. The van der Waals surface area contributed by atoms with Gasteiger partial charge in [0.1, 0.15) is 23.4 Å². The van der Waals surface area contributed by atoms with E-state index in [2.05, 4.69) is 10.3 Å². The van der Waals surface area contributed by atoms with Crippen LogP contribution in [0, 0.1) is 11.6 Å². The molecule has 0 atom stereocenters. The number of carbonyl (C=O) groups is 4. The second-order valence-electron chi connectivity index (χ2n) is 9.81. The SMILES string of the molecule is CC(C)(C)OC(=O)CNC(=O)c1csc(C(=O)c2cn(C(=O)OC(C)(C)C)c3cc(F)c(F)cc23)n1. The molecule has 0 unspecified atom stereocenters. The minimum absolute atomic E-state index is 0.0316. The summed E-state index contributed by atoms with van der Waals surface area (Å²) in [4.78, 5) is 54.0. The Hall–Kier alpha value is -3.67. The molecule has 0 bridgehead atoms. The van der Waals surface area contributed by atoms with Crippen molar-refractivity contribution in [2.45, 2.75) is 52.7 Å². The van der Waals surface area contributed by atoms with Crippen molar-refractivity contribution in [2.24, 2.45) is 0 Å². The Morgan fingerprint density at radius 3 is 2.22 bits per heavy atom. The minimum atomic E-state index is -1.21. The number of thiazole rings is 1. The fraction of sp³-hybridized carbons (Fsp3) is 0.375. The summed E-state index contributed by atoms with van der Waals surface area (Å²) >= 11 is 0.838. The second-order valence-corrected chi connectivity index (χ2v) is 10.7. The summed E-state index contributed by atoms with van der Waals surface area (Å²) in [6, 6.07) is 1.60. The van der Waals surface area contributed by atoms with Gasteiger partial charge in [0.25, 0.3) is 5.91 Å². The van der Waals surface area contributed by atoms with E-state index in [1.807, 2.05) is 0 Å². The molecule has 1 N–H and O–H groups in total. The van der Waals surface area contributed by atoms with Crippen LogP contribution in [0.15, 0.2) is 23.7 Å². The lowest BCUT2D eigenvalue weighted by Gasteiger charge is -2.19. The smallest absolute Gasteiger partial charge is 0.419 e. The van der Waals surface area contributed by atoms with Crippen LogP contribution in [-0.2, 0) is 14.3 Å². The fourth-order valence-corrected chi connectivity index (χ4v) is 3.83. The predicted octanol–water partition coefficient (Wildman–Crippen LogP) is 4.46. The number of halogens is 2. The molecule has 1 aromatic carbocycles. The molecule has 3 aromatic rings. The number of aromatic nitrogens is 2. The van der Waals surface area contributed by atoms with Crippen LogP contribution in [0.1, 0.15) is 67.4 Å². The van der Waals surface area contributed by atoms with Crippen LogP contribution in [0.3, 0.4) is 0 Å². The summed E-state index contributed by atoms with van der Waals surface area (Å²) in [6.07, 6.45) is 0.225. The van der Waals surface area contributed by atoms with E-state index in [1.54, 1.807) is 41.5 Å². The maximum atomic E-state index is 14.0. The number of nitrogens with one attached hydrogen (secondary N) is 1. The topological polar surface area (TPSA) is 117 Å². The second kappa shape index (κ2) is 9.76. The largest absolute Gasteiger partial charge is 0.459 e. The Kier molecular flexibility index (Phi) is 7.30. The molecule has 0 saturated carbocycles. The number of ketones is 1. The molecule has 36 heavy (non-hydrogen) atoms. The van der Waals surface area contributed by atoms with Crippen LogP contribution in [0.5, 0.6) is 0 Å². The highest BCUT2D eigenvalue weighted by Gasteiger charge is 2.27. The zero-order valence-electron chi connectivity index (χ0n) is 20.5. The first-order chi connectivity index (χ1) is 16.6. The number of ether oxygens (including phenoxy) is 2. The summed E-state index contributed by atoms with van der Waals surface area (Å²) in [5.41, 5.74) is -1.93. The number of hydrogen-bond acceptors (Lipinski definition) is 8. The van der Waals surface area contributed by atoms with Crippen LogP contribution < -0.4 is 5.32 Å². The molecule has 2 heterocycles. The summed E-state index contributed by atoms with van der Waals surface area (Å²) in [6.45, 7) is 9.56. The van der Waals surface area contributed by atoms with Gasteiger partial charge in [-0.25, -0.2) is 18.6 Å². The van der Waals surface area contributed by atoms with E-state index < -0.39 is 53.1 Å². The highest BCUT2D eigenvalue weighted by molar-refractivity contribution is 7.12. The number of amides is 1. The number of hydrogen-bond donors (Lipinski definition) is 1. The van der Waals surface area contributed by atoms with Crippen LogP contribution >= 0.6 is 11.3 Å². The molecule has 0 aliphatic carbocycles. The molecule has 0 aliphatic rings. The lowest BCUT2D eigenvalue weighted by Crippen LogP contribution is -2.34. The first-order valence-electron chi connectivity index (χ1n) is 10.8. The lowest BCUT2D eigenvalue weighted by molar-refractivity contribution is -0.153. The van der Waals surface area contributed by atoms with Crippen molar-refractivity contribution in [1.82, 2.24) is 14.9 Å². The van der Waals surface area contributed by atoms with Gasteiger partial charge in [0.15, 0.2) is 16.6 Å². The molecule has 0 radical (unpaired) electrons. The van der Waals surface area contributed by atoms with Crippen molar-refractivity contribution >= 4 is 46.0 Å². The molecule has 0 fully saturated rings. The van der Waals surface area contributed by atoms with E-state index in [-0.39, 0.29) is 27.2 Å². The molecule has 0 spiro atoms. The number of esters is 1. The highest BCUT2D eigenvalue weighted by atomic mass is 32.1. The molecule has 0 saturated heterocycles. The molecule has 2 aromatic heterocycles. The molecule has 3 rings (SSSR count). The Balaban J connectivity index is 1.89. The first kappa shape index (κ1) is 26.9. The van der Waals surface area contributed by atoms with Crippen LogP contribution in [0.25, 0.3) is 10.9 Å². The number of fused-ring (bicyclic) bond motifs is 1.